The van der Waals surface area contributed by atoms with Crippen molar-refractivity contribution in [2.24, 2.45) is 0 Å². The number of esters is 1. The lowest BCUT2D eigenvalue weighted by atomic mass is 9.93. The van der Waals surface area contributed by atoms with Gasteiger partial charge in [0, 0.05) is 35.4 Å². The van der Waals surface area contributed by atoms with Gasteiger partial charge < -0.3 is 9.64 Å². The highest BCUT2D eigenvalue weighted by molar-refractivity contribution is 7.98. The third-order valence-corrected chi connectivity index (χ3v) is 7.71. The Labute approximate surface area is 218 Å². The summed E-state index contributed by atoms with van der Waals surface area (Å²) >= 11 is 1.45. The second-order valence-corrected chi connectivity index (χ2v) is 9.93. The Bertz CT molecular complexity index is 1510. The minimum absolute atomic E-state index is 0.234. The number of halogens is 4. The number of thioether (sulfide) groups is 1. The van der Waals surface area contributed by atoms with Gasteiger partial charge in [0.25, 0.3) is 5.91 Å². The van der Waals surface area contributed by atoms with Crippen molar-refractivity contribution in [1.29, 1.82) is 0 Å². The van der Waals surface area contributed by atoms with Crippen LogP contribution >= 0.6 is 11.8 Å². The molecule has 3 aromatic rings. The topological polar surface area (TPSA) is 71.8 Å². The maximum Gasteiger partial charge on any atom is 0.408 e. The summed E-state index contributed by atoms with van der Waals surface area (Å²) in [6.07, 6.45) is -3.58. The van der Waals surface area contributed by atoms with Crippen LogP contribution < -0.4 is 15.2 Å². The van der Waals surface area contributed by atoms with E-state index in [1.165, 1.54) is 33.7 Å². The van der Waals surface area contributed by atoms with Crippen molar-refractivity contribution < 1.29 is 31.9 Å². The van der Waals surface area contributed by atoms with Gasteiger partial charge in [-0.1, -0.05) is 30.3 Å². The number of amides is 1. The second kappa shape index (κ2) is 9.50. The fourth-order valence-corrected chi connectivity index (χ4v) is 5.82. The van der Waals surface area contributed by atoms with Crippen LogP contribution in [-0.4, -0.2) is 40.3 Å². The van der Waals surface area contributed by atoms with Crippen LogP contribution in [0.2, 0.25) is 0 Å². The van der Waals surface area contributed by atoms with Crippen molar-refractivity contribution >= 4 is 23.6 Å². The molecule has 0 radical (unpaired) electrons. The maximum absolute atomic E-state index is 15.5. The zero-order valence-corrected chi connectivity index (χ0v) is 21.0. The number of ether oxygens (including phenoxy) is 1. The number of aromatic nitrogens is 1. The molecule has 198 valence electrons. The Balaban J connectivity index is 1.82. The first-order valence-electron chi connectivity index (χ1n) is 11.6. The lowest BCUT2D eigenvalue weighted by Gasteiger charge is -2.46. The molecule has 0 bridgehead atoms. The van der Waals surface area contributed by atoms with Gasteiger partial charge in [0.15, 0.2) is 5.69 Å². The number of hydrogen-bond donors (Lipinski definition) is 0. The van der Waals surface area contributed by atoms with E-state index in [9.17, 15) is 27.6 Å². The third kappa shape index (κ3) is 4.32. The molecule has 0 aliphatic carbocycles. The van der Waals surface area contributed by atoms with Gasteiger partial charge in [-0.05, 0) is 30.2 Å². The molecule has 7 nitrogen and oxygen atoms in total. The SMILES string of the molecule is CC(=O)Oc1c2n(ccc1=O)N([C@H]1c3ccccc3SCc3cccc(F)c31)CN([C@@H](C)C(F)(F)F)C2=O. The molecule has 2 atom stereocenters. The number of pyridine rings is 1. The number of hydrogen-bond acceptors (Lipinski definition) is 6. The van der Waals surface area contributed by atoms with Gasteiger partial charge in [0.1, 0.15) is 24.6 Å². The predicted octanol–water partition coefficient (Wildman–Crippen LogP) is 4.61. The third-order valence-electron chi connectivity index (χ3n) is 6.57. The molecule has 0 saturated carbocycles. The van der Waals surface area contributed by atoms with E-state index in [-0.39, 0.29) is 5.56 Å². The van der Waals surface area contributed by atoms with Crippen LogP contribution in [-0.2, 0) is 10.5 Å². The fourth-order valence-electron chi connectivity index (χ4n) is 4.74. The first kappa shape index (κ1) is 25.8. The molecule has 0 saturated heterocycles. The standard InChI is InChI=1S/C26H21F4N3O4S/c1-14(26(28,29)30)31-13-33(32-11-10-19(35)24(37-15(2)34)23(32)25(31)36)22-17-7-3-4-9-20(17)38-12-16-6-5-8-18(27)21(16)22/h3-11,14,22H,12-13H2,1-2H3/t14-,22-/m0/s1. The lowest BCUT2D eigenvalue weighted by molar-refractivity contribution is -0.173. The van der Waals surface area contributed by atoms with Crippen LogP contribution in [0.1, 0.15) is 47.1 Å². The predicted molar refractivity (Wildman–Crippen MR) is 131 cm³/mol. The monoisotopic (exact) mass is 547 g/mol. The van der Waals surface area contributed by atoms with Crippen LogP contribution in [0.5, 0.6) is 5.75 Å². The van der Waals surface area contributed by atoms with Crippen molar-refractivity contribution in [2.75, 3.05) is 11.7 Å². The molecule has 0 unspecified atom stereocenters. The number of carbonyl (C=O) groups excluding carboxylic acids is 2. The zero-order valence-electron chi connectivity index (χ0n) is 20.2. The number of nitrogens with zero attached hydrogens (tertiary/aromatic N) is 3. The quantitative estimate of drug-likeness (QED) is 0.353. The van der Waals surface area contributed by atoms with Crippen LogP contribution in [0.3, 0.4) is 0 Å². The second-order valence-electron chi connectivity index (χ2n) is 8.91. The molecule has 3 heterocycles. The van der Waals surface area contributed by atoms with E-state index in [1.807, 2.05) is 6.07 Å². The van der Waals surface area contributed by atoms with Gasteiger partial charge in [-0.3, -0.25) is 24.1 Å². The smallest absolute Gasteiger partial charge is 0.408 e. The van der Waals surface area contributed by atoms with Gasteiger partial charge in [-0.2, -0.15) is 13.2 Å². The van der Waals surface area contributed by atoms with Crippen molar-refractivity contribution in [3.63, 3.8) is 0 Å². The van der Waals surface area contributed by atoms with Gasteiger partial charge in [-0.25, -0.2) is 4.39 Å². The first-order chi connectivity index (χ1) is 18.0. The highest BCUT2D eigenvalue weighted by Crippen LogP contribution is 2.44. The highest BCUT2D eigenvalue weighted by Gasteiger charge is 2.48. The Kier molecular flexibility index (Phi) is 6.46. The summed E-state index contributed by atoms with van der Waals surface area (Å²) in [6.45, 7) is 1.24. The van der Waals surface area contributed by atoms with Gasteiger partial charge >= 0.3 is 12.1 Å². The largest absolute Gasteiger partial charge is 0.420 e. The normalized spacial score (nSPS) is 17.7. The maximum atomic E-state index is 15.5. The van der Waals surface area contributed by atoms with Crippen LogP contribution in [0.25, 0.3) is 0 Å². The van der Waals surface area contributed by atoms with Crippen molar-refractivity contribution in [1.82, 2.24) is 9.58 Å². The zero-order chi connectivity index (χ0) is 27.4. The van der Waals surface area contributed by atoms with Gasteiger partial charge in [-0.15, -0.1) is 11.8 Å². The fraction of sp³-hybridized carbons (Fsp3) is 0.269. The van der Waals surface area contributed by atoms with E-state index in [0.29, 0.717) is 21.8 Å². The summed E-state index contributed by atoms with van der Waals surface area (Å²) in [4.78, 5) is 39.3. The van der Waals surface area contributed by atoms with E-state index >= 15 is 4.39 Å². The number of carbonyl (C=O) groups is 2. The lowest BCUT2D eigenvalue weighted by Crippen LogP contribution is -2.60. The molecule has 38 heavy (non-hydrogen) atoms. The van der Waals surface area contributed by atoms with Gasteiger partial charge in [0.05, 0.1) is 0 Å². The Morgan fingerprint density at radius 2 is 1.84 bits per heavy atom. The summed E-state index contributed by atoms with van der Waals surface area (Å²) in [7, 11) is 0. The van der Waals surface area contributed by atoms with Crippen LogP contribution in [0, 0.1) is 5.82 Å². The van der Waals surface area contributed by atoms with Crippen LogP contribution in [0.4, 0.5) is 17.6 Å². The number of alkyl halides is 3. The summed E-state index contributed by atoms with van der Waals surface area (Å²) < 4.78 is 63.5. The first-order valence-corrected chi connectivity index (χ1v) is 12.5. The minimum atomic E-state index is -4.81. The van der Waals surface area contributed by atoms with E-state index < -0.39 is 59.5 Å². The molecular weight excluding hydrogens is 526 g/mol. The molecule has 1 aromatic heterocycles. The Morgan fingerprint density at radius 1 is 1.11 bits per heavy atom. The Hall–Kier alpha value is -3.80. The average molecular weight is 548 g/mol. The molecule has 2 aromatic carbocycles. The van der Waals surface area contributed by atoms with Crippen molar-refractivity contribution in [2.45, 2.75) is 42.8 Å². The molecule has 0 fully saturated rings. The molecule has 0 N–H and O–H groups in total. The number of benzene rings is 2. The van der Waals surface area contributed by atoms with Crippen LogP contribution in [0.15, 0.2) is 64.4 Å². The van der Waals surface area contributed by atoms with Crippen molar-refractivity contribution in [3.05, 3.63) is 93.2 Å². The minimum Gasteiger partial charge on any atom is -0.420 e. The molecule has 2 aliphatic rings. The number of fused-ring (bicyclic) bond motifs is 3. The molecule has 5 rings (SSSR count). The number of rotatable bonds is 3. The van der Waals surface area contributed by atoms with E-state index in [4.69, 9.17) is 4.74 Å². The van der Waals surface area contributed by atoms with E-state index in [1.54, 1.807) is 30.3 Å². The highest BCUT2D eigenvalue weighted by atomic mass is 32.2. The molecule has 1 amide bonds. The summed E-state index contributed by atoms with van der Waals surface area (Å²) in [5, 5.41) is 1.39. The van der Waals surface area contributed by atoms with E-state index in [2.05, 4.69) is 0 Å². The van der Waals surface area contributed by atoms with Crippen molar-refractivity contribution in [3.8, 4) is 5.75 Å². The molecule has 12 heteroatoms. The molecule has 0 spiro atoms. The summed E-state index contributed by atoms with van der Waals surface area (Å²) in [5.41, 5.74) is 0.0601. The molecule has 2 aliphatic heterocycles. The van der Waals surface area contributed by atoms with E-state index in [0.717, 1.165) is 24.8 Å². The molecular formula is C26H21F4N3O4S. The summed E-state index contributed by atoms with van der Waals surface area (Å²) in [6, 6.07) is 9.49. The Morgan fingerprint density at radius 3 is 2.55 bits per heavy atom. The average Bonchev–Trinajstić information content (AvgIpc) is 3.03. The van der Waals surface area contributed by atoms with Gasteiger partial charge in [0.2, 0.25) is 11.2 Å². The summed E-state index contributed by atoms with van der Waals surface area (Å²) in [5.74, 6) is -2.93.